The smallest absolute Gasteiger partial charge is 0.0480 e. The molecule has 1 atom stereocenters. The van der Waals surface area contributed by atoms with Crippen molar-refractivity contribution in [3.8, 4) is 0 Å². The molecule has 0 amide bonds. The number of hydrogen-bond acceptors (Lipinski definition) is 2. The second kappa shape index (κ2) is 8.28. The summed E-state index contributed by atoms with van der Waals surface area (Å²) in [6, 6.07) is 6.80. The Morgan fingerprint density at radius 1 is 1.17 bits per heavy atom. The summed E-state index contributed by atoms with van der Waals surface area (Å²) in [5, 5.41) is 0. The fraction of sp³-hybridized carbons (Fsp3) is 0.625. The Kier molecular flexibility index (Phi) is 6.99. The van der Waals surface area contributed by atoms with E-state index in [2.05, 4.69) is 39.0 Å². The number of hydrogen-bond donors (Lipinski definition) is 1. The third-order valence-electron chi connectivity index (χ3n) is 3.34. The first-order valence-electron chi connectivity index (χ1n) is 7.03. The van der Waals surface area contributed by atoms with Gasteiger partial charge in [0.2, 0.25) is 0 Å². The molecule has 0 spiro atoms. The molecule has 0 bridgehead atoms. The van der Waals surface area contributed by atoms with E-state index in [1.165, 1.54) is 23.1 Å². The van der Waals surface area contributed by atoms with Crippen molar-refractivity contribution in [2.24, 2.45) is 5.73 Å². The number of benzene rings is 1. The highest BCUT2D eigenvalue weighted by atomic mass is 16.5. The summed E-state index contributed by atoms with van der Waals surface area (Å²) in [5.41, 5.74) is 10.2. The molecule has 0 fully saturated rings. The van der Waals surface area contributed by atoms with Crippen molar-refractivity contribution in [2.75, 3.05) is 13.2 Å². The number of nitrogens with two attached hydrogens (primary N) is 1. The van der Waals surface area contributed by atoms with Gasteiger partial charge in [0.1, 0.15) is 0 Å². The zero-order valence-corrected chi connectivity index (χ0v) is 12.0. The summed E-state index contributed by atoms with van der Waals surface area (Å²) >= 11 is 0. The third kappa shape index (κ3) is 5.65. The molecule has 18 heavy (non-hydrogen) atoms. The molecule has 0 saturated heterocycles. The first-order chi connectivity index (χ1) is 8.63. The highest BCUT2D eigenvalue weighted by Crippen LogP contribution is 2.12. The van der Waals surface area contributed by atoms with Gasteiger partial charge in [0.25, 0.3) is 0 Å². The SMILES string of the molecule is CCCCOCCC(N)Cc1ccc(C)c(C)c1. The van der Waals surface area contributed by atoms with Crippen molar-refractivity contribution < 1.29 is 4.74 Å². The molecule has 0 heterocycles. The van der Waals surface area contributed by atoms with E-state index >= 15 is 0 Å². The van der Waals surface area contributed by atoms with Crippen molar-refractivity contribution in [1.29, 1.82) is 0 Å². The van der Waals surface area contributed by atoms with Gasteiger partial charge in [-0.2, -0.15) is 0 Å². The van der Waals surface area contributed by atoms with Crippen LogP contribution in [-0.4, -0.2) is 19.3 Å². The van der Waals surface area contributed by atoms with Crippen LogP contribution in [-0.2, 0) is 11.2 Å². The molecular formula is C16H27NO. The van der Waals surface area contributed by atoms with Gasteiger partial charge in [-0.1, -0.05) is 31.5 Å². The van der Waals surface area contributed by atoms with Crippen LogP contribution in [0.15, 0.2) is 18.2 Å². The molecule has 0 aliphatic carbocycles. The Bertz CT molecular complexity index is 349. The largest absolute Gasteiger partial charge is 0.381 e. The first-order valence-corrected chi connectivity index (χ1v) is 7.03. The number of unbranched alkanes of at least 4 members (excludes halogenated alkanes) is 1. The van der Waals surface area contributed by atoms with Crippen LogP contribution in [0.1, 0.15) is 42.9 Å². The Morgan fingerprint density at radius 3 is 2.61 bits per heavy atom. The van der Waals surface area contributed by atoms with Crippen molar-refractivity contribution in [3.05, 3.63) is 34.9 Å². The van der Waals surface area contributed by atoms with Crippen LogP contribution >= 0.6 is 0 Å². The lowest BCUT2D eigenvalue weighted by molar-refractivity contribution is 0.124. The number of aryl methyl sites for hydroxylation is 2. The van der Waals surface area contributed by atoms with Gasteiger partial charge in [-0.05, 0) is 49.8 Å². The van der Waals surface area contributed by atoms with Crippen molar-refractivity contribution in [1.82, 2.24) is 0 Å². The van der Waals surface area contributed by atoms with Crippen LogP contribution in [0, 0.1) is 13.8 Å². The van der Waals surface area contributed by atoms with Crippen molar-refractivity contribution >= 4 is 0 Å². The van der Waals surface area contributed by atoms with Crippen LogP contribution in [0.2, 0.25) is 0 Å². The van der Waals surface area contributed by atoms with E-state index < -0.39 is 0 Å². The first kappa shape index (κ1) is 15.2. The topological polar surface area (TPSA) is 35.2 Å². The van der Waals surface area contributed by atoms with Gasteiger partial charge in [-0.15, -0.1) is 0 Å². The second-order valence-corrected chi connectivity index (χ2v) is 5.14. The molecule has 1 rings (SSSR count). The maximum atomic E-state index is 6.13. The summed E-state index contributed by atoms with van der Waals surface area (Å²) in [6.07, 6.45) is 4.22. The Morgan fingerprint density at radius 2 is 1.94 bits per heavy atom. The average Bonchev–Trinajstić information content (AvgIpc) is 2.34. The van der Waals surface area contributed by atoms with E-state index in [4.69, 9.17) is 10.5 Å². The molecular weight excluding hydrogens is 222 g/mol. The van der Waals surface area contributed by atoms with Crippen molar-refractivity contribution in [3.63, 3.8) is 0 Å². The number of rotatable bonds is 8. The zero-order chi connectivity index (χ0) is 13.4. The van der Waals surface area contributed by atoms with E-state index in [0.717, 1.165) is 32.5 Å². The summed E-state index contributed by atoms with van der Waals surface area (Å²) in [6.45, 7) is 8.12. The van der Waals surface area contributed by atoms with E-state index in [-0.39, 0.29) is 6.04 Å². The molecule has 102 valence electrons. The van der Waals surface area contributed by atoms with Gasteiger partial charge in [0.05, 0.1) is 0 Å². The molecule has 0 saturated carbocycles. The minimum atomic E-state index is 0.203. The van der Waals surface area contributed by atoms with Crippen LogP contribution in [0.4, 0.5) is 0 Å². The lowest BCUT2D eigenvalue weighted by Gasteiger charge is -2.13. The maximum Gasteiger partial charge on any atom is 0.0480 e. The molecule has 0 aliphatic rings. The van der Waals surface area contributed by atoms with Gasteiger partial charge in [0.15, 0.2) is 0 Å². The van der Waals surface area contributed by atoms with Gasteiger partial charge in [0, 0.05) is 19.3 Å². The zero-order valence-electron chi connectivity index (χ0n) is 12.0. The predicted molar refractivity (Wildman–Crippen MR) is 77.9 cm³/mol. The summed E-state index contributed by atoms with van der Waals surface area (Å²) in [5.74, 6) is 0. The van der Waals surface area contributed by atoms with Crippen LogP contribution in [0.3, 0.4) is 0 Å². The van der Waals surface area contributed by atoms with E-state index in [0.29, 0.717) is 0 Å². The van der Waals surface area contributed by atoms with E-state index in [9.17, 15) is 0 Å². The molecule has 2 N–H and O–H groups in total. The molecule has 0 aromatic heterocycles. The normalized spacial score (nSPS) is 12.7. The molecule has 0 radical (unpaired) electrons. The minimum Gasteiger partial charge on any atom is -0.381 e. The lowest BCUT2D eigenvalue weighted by atomic mass is 10.00. The fourth-order valence-electron chi connectivity index (χ4n) is 1.92. The molecule has 2 heteroatoms. The Balaban J connectivity index is 2.26. The van der Waals surface area contributed by atoms with Crippen molar-refractivity contribution in [2.45, 2.75) is 52.5 Å². The van der Waals surface area contributed by atoms with Gasteiger partial charge in [-0.25, -0.2) is 0 Å². The van der Waals surface area contributed by atoms with Gasteiger partial charge >= 0.3 is 0 Å². The van der Waals surface area contributed by atoms with Crippen LogP contribution in [0.5, 0.6) is 0 Å². The lowest BCUT2D eigenvalue weighted by Crippen LogP contribution is -2.24. The monoisotopic (exact) mass is 249 g/mol. The average molecular weight is 249 g/mol. The standard InChI is InChI=1S/C16H27NO/c1-4-5-9-18-10-8-16(17)12-15-7-6-13(2)14(3)11-15/h6-7,11,16H,4-5,8-10,12,17H2,1-3H3. The third-order valence-corrected chi connectivity index (χ3v) is 3.34. The summed E-state index contributed by atoms with van der Waals surface area (Å²) in [7, 11) is 0. The highest BCUT2D eigenvalue weighted by Gasteiger charge is 2.05. The van der Waals surface area contributed by atoms with Gasteiger partial charge < -0.3 is 10.5 Å². The minimum absolute atomic E-state index is 0.203. The predicted octanol–water partition coefficient (Wildman–Crippen LogP) is 3.38. The molecule has 1 unspecified atom stereocenters. The highest BCUT2D eigenvalue weighted by molar-refractivity contribution is 5.30. The summed E-state index contributed by atoms with van der Waals surface area (Å²) in [4.78, 5) is 0. The van der Waals surface area contributed by atoms with Crippen LogP contribution < -0.4 is 5.73 Å². The molecule has 2 nitrogen and oxygen atoms in total. The van der Waals surface area contributed by atoms with Crippen LogP contribution in [0.25, 0.3) is 0 Å². The fourth-order valence-corrected chi connectivity index (χ4v) is 1.92. The molecule has 0 aliphatic heterocycles. The second-order valence-electron chi connectivity index (χ2n) is 5.14. The maximum absolute atomic E-state index is 6.13. The molecule has 1 aromatic carbocycles. The summed E-state index contributed by atoms with van der Waals surface area (Å²) < 4.78 is 5.55. The number of ether oxygens (including phenoxy) is 1. The Hall–Kier alpha value is -0.860. The molecule has 1 aromatic rings. The quantitative estimate of drug-likeness (QED) is 0.717. The van der Waals surface area contributed by atoms with E-state index in [1.807, 2.05) is 0 Å². The van der Waals surface area contributed by atoms with Gasteiger partial charge in [-0.3, -0.25) is 0 Å². The Labute approximate surface area is 112 Å². The van der Waals surface area contributed by atoms with E-state index in [1.54, 1.807) is 0 Å².